The number of methoxy groups -OCH3 is 2. The van der Waals surface area contributed by atoms with Crippen molar-refractivity contribution in [2.24, 2.45) is 0 Å². The molecule has 0 N–H and O–H groups in total. The molecule has 0 aliphatic rings. The first-order chi connectivity index (χ1) is 17.8. The normalized spacial score (nSPS) is 11.0. The number of hydrogen-bond donors (Lipinski definition) is 0. The molecule has 0 aliphatic carbocycles. The largest absolute Gasteiger partial charge is 0.493 e. The van der Waals surface area contributed by atoms with Gasteiger partial charge in [0.05, 0.1) is 25.2 Å². The fourth-order valence-electron chi connectivity index (χ4n) is 4.38. The first-order valence-corrected chi connectivity index (χ1v) is 11.9. The van der Waals surface area contributed by atoms with Crippen LogP contribution in [-0.2, 0) is 6.42 Å². The van der Waals surface area contributed by atoms with Crippen molar-refractivity contribution in [1.29, 1.82) is 0 Å². The summed E-state index contributed by atoms with van der Waals surface area (Å²) in [5.74, 6) is -2.25. The SMILES string of the molecule is CCN(CC)c1ccc2c(=O)c(C(=O)c3c(F)cccc3F)c(Cc3ccc(OC)c(OC)c3)oc2c1. The van der Waals surface area contributed by atoms with E-state index < -0.39 is 34.0 Å². The third-order valence-corrected chi connectivity index (χ3v) is 6.31. The molecule has 0 spiro atoms. The van der Waals surface area contributed by atoms with E-state index in [0.717, 1.165) is 37.0 Å². The molecule has 0 radical (unpaired) electrons. The topological polar surface area (TPSA) is 69.0 Å². The van der Waals surface area contributed by atoms with Gasteiger partial charge in [-0.25, -0.2) is 8.78 Å². The van der Waals surface area contributed by atoms with Gasteiger partial charge in [-0.2, -0.15) is 0 Å². The van der Waals surface area contributed by atoms with Crippen LogP contribution >= 0.6 is 0 Å². The molecular formula is C29H27F2NO5. The zero-order valence-electron chi connectivity index (χ0n) is 21.1. The van der Waals surface area contributed by atoms with Crippen LogP contribution in [0.3, 0.4) is 0 Å². The maximum absolute atomic E-state index is 14.6. The molecule has 0 fully saturated rings. The third-order valence-electron chi connectivity index (χ3n) is 6.31. The van der Waals surface area contributed by atoms with E-state index >= 15 is 0 Å². The van der Waals surface area contributed by atoms with Crippen molar-refractivity contribution >= 4 is 22.4 Å². The van der Waals surface area contributed by atoms with Crippen LogP contribution in [0.4, 0.5) is 14.5 Å². The van der Waals surface area contributed by atoms with Crippen LogP contribution in [0.25, 0.3) is 11.0 Å². The molecule has 0 saturated carbocycles. The molecular weight excluding hydrogens is 480 g/mol. The second-order valence-corrected chi connectivity index (χ2v) is 8.37. The average Bonchev–Trinajstić information content (AvgIpc) is 2.89. The predicted molar refractivity (Wildman–Crippen MR) is 138 cm³/mol. The van der Waals surface area contributed by atoms with Crippen molar-refractivity contribution in [3.63, 3.8) is 0 Å². The Kier molecular flexibility index (Phi) is 7.57. The highest BCUT2D eigenvalue weighted by molar-refractivity contribution is 6.11. The Balaban J connectivity index is 1.95. The molecule has 0 aliphatic heterocycles. The highest BCUT2D eigenvalue weighted by atomic mass is 19.1. The summed E-state index contributed by atoms with van der Waals surface area (Å²) < 4.78 is 45.9. The lowest BCUT2D eigenvalue weighted by atomic mass is 9.96. The number of carbonyl (C=O) groups is 1. The van der Waals surface area contributed by atoms with Gasteiger partial charge in [-0.1, -0.05) is 12.1 Å². The van der Waals surface area contributed by atoms with E-state index in [1.54, 1.807) is 36.4 Å². The van der Waals surface area contributed by atoms with Crippen molar-refractivity contribution in [2.45, 2.75) is 20.3 Å². The average molecular weight is 508 g/mol. The molecule has 192 valence electrons. The molecule has 0 bridgehead atoms. The number of ketones is 1. The van der Waals surface area contributed by atoms with Crippen LogP contribution in [0.2, 0.25) is 0 Å². The summed E-state index contributed by atoms with van der Waals surface area (Å²) in [7, 11) is 3.00. The summed E-state index contributed by atoms with van der Waals surface area (Å²) in [6.45, 7) is 5.51. The standard InChI is InChI=1S/C29H27F2NO5/c1-5-32(6-2)18-11-12-19-23(16-18)37-25(15-17-10-13-22(35-3)24(14-17)36-4)27(28(19)33)29(34)26-20(30)8-7-9-21(26)31/h7-14,16H,5-6,15H2,1-4H3. The highest BCUT2D eigenvalue weighted by Gasteiger charge is 2.27. The van der Waals surface area contributed by atoms with Gasteiger partial charge in [0.15, 0.2) is 11.5 Å². The molecule has 3 aromatic carbocycles. The van der Waals surface area contributed by atoms with E-state index in [9.17, 15) is 18.4 Å². The summed E-state index contributed by atoms with van der Waals surface area (Å²) in [5.41, 5.74) is -0.115. The number of fused-ring (bicyclic) bond motifs is 1. The Hall–Kier alpha value is -4.20. The Bertz CT molecular complexity index is 1510. The molecule has 0 atom stereocenters. The van der Waals surface area contributed by atoms with Gasteiger partial charge in [-0.3, -0.25) is 9.59 Å². The third kappa shape index (κ3) is 4.91. The van der Waals surface area contributed by atoms with Gasteiger partial charge in [0.1, 0.15) is 28.5 Å². The van der Waals surface area contributed by atoms with Crippen LogP contribution in [0, 0.1) is 11.6 Å². The number of hydrogen-bond acceptors (Lipinski definition) is 6. The van der Waals surface area contributed by atoms with Crippen LogP contribution < -0.4 is 19.8 Å². The molecule has 8 heteroatoms. The van der Waals surface area contributed by atoms with Crippen molar-refractivity contribution in [3.8, 4) is 11.5 Å². The number of rotatable bonds is 9. The molecule has 1 aromatic heterocycles. The Morgan fingerprint density at radius 3 is 2.19 bits per heavy atom. The lowest BCUT2D eigenvalue weighted by Gasteiger charge is -2.21. The van der Waals surface area contributed by atoms with E-state index in [1.165, 1.54) is 14.2 Å². The minimum absolute atomic E-state index is 0.00181. The van der Waals surface area contributed by atoms with Gasteiger partial charge in [0.25, 0.3) is 0 Å². The molecule has 1 heterocycles. The second-order valence-electron chi connectivity index (χ2n) is 8.37. The summed E-state index contributed by atoms with van der Waals surface area (Å²) in [5, 5.41) is 0.145. The fraction of sp³-hybridized carbons (Fsp3) is 0.241. The number of benzene rings is 3. The van der Waals surface area contributed by atoms with Crippen molar-refractivity contribution in [1.82, 2.24) is 0 Å². The van der Waals surface area contributed by atoms with E-state index in [1.807, 2.05) is 13.8 Å². The van der Waals surface area contributed by atoms with E-state index in [4.69, 9.17) is 13.9 Å². The number of ether oxygens (including phenoxy) is 2. The van der Waals surface area contributed by atoms with Crippen molar-refractivity contribution in [3.05, 3.63) is 98.9 Å². The molecule has 0 unspecified atom stereocenters. The van der Waals surface area contributed by atoms with Crippen molar-refractivity contribution in [2.75, 3.05) is 32.2 Å². The van der Waals surface area contributed by atoms with Crippen LogP contribution in [-0.4, -0.2) is 33.1 Å². The fourth-order valence-corrected chi connectivity index (χ4v) is 4.38. The van der Waals surface area contributed by atoms with Crippen LogP contribution in [0.1, 0.15) is 41.1 Å². The molecule has 6 nitrogen and oxygen atoms in total. The number of anilines is 1. The van der Waals surface area contributed by atoms with Gasteiger partial charge >= 0.3 is 0 Å². The molecule has 0 amide bonds. The highest BCUT2D eigenvalue weighted by Crippen LogP contribution is 2.30. The number of nitrogens with zero attached hydrogens (tertiary/aromatic N) is 1. The van der Waals surface area contributed by atoms with E-state index in [-0.39, 0.29) is 23.2 Å². The van der Waals surface area contributed by atoms with E-state index in [2.05, 4.69) is 4.90 Å². The Morgan fingerprint density at radius 2 is 1.57 bits per heavy atom. The zero-order valence-corrected chi connectivity index (χ0v) is 21.1. The van der Waals surface area contributed by atoms with Gasteiger partial charge in [0.2, 0.25) is 11.2 Å². The molecule has 4 aromatic rings. The first kappa shape index (κ1) is 25.9. The Morgan fingerprint density at radius 1 is 0.892 bits per heavy atom. The smallest absolute Gasteiger partial charge is 0.206 e. The maximum atomic E-state index is 14.6. The lowest BCUT2D eigenvalue weighted by Crippen LogP contribution is -2.23. The summed E-state index contributed by atoms with van der Waals surface area (Å²) in [4.78, 5) is 29.2. The lowest BCUT2D eigenvalue weighted by molar-refractivity contribution is 0.102. The van der Waals surface area contributed by atoms with Crippen LogP contribution in [0.5, 0.6) is 11.5 Å². The monoisotopic (exact) mass is 507 g/mol. The zero-order chi connectivity index (χ0) is 26.7. The van der Waals surface area contributed by atoms with Crippen LogP contribution in [0.15, 0.2) is 63.8 Å². The van der Waals surface area contributed by atoms with Gasteiger partial charge < -0.3 is 18.8 Å². The molecule has 4 rings (SSSR count). The maximum Gasteiger partial charge on any atom is 0.206 e. The summed E-state index contributed by atoms with van der Waals surface area (Å²) in [6.07, 6.45) is -0.00181. The van der Waals surface area contributed by atoms with Gasteiger partial charge in [-0.15, -0.1) is 0 Å². The minimum atomic E-state index is -1.07. The summed E-state index contributed by atoms with van der Waals surface area (Å²) in [6, 6.07) is 13.3. The summed E-state index contributed by atoms with van der Waals surface area (Å²) >= 11 is 0. The second kappa shape index (κ2) is 10.8. The van der Waals surface area contributed by atoms with Gasteiger partial charge in [-0.05, 0) is 55.8 Å². The quantitative estimate of drug-likeness (QED) is 0.269. The van der Waals surface area contributed by atoms with Crippen molar-refractivity contribution < 1.29 is 27.5 Å². The van der Waals surface area contributed by atoms with Gasteiger partial charge in [0, 0.05) is 31.3 Å². The molecule has 0 saturated heterocycles. The van der Waals surface area contributed by atoms with E-state index in [0.29, 0.717) is 17.1 Å². The minimum Gasteiger partial charge on any atom is -0.493 e. The predicted octanol–water partition coefficient (Wildman–Crippen LogP) is 5.76. The number of halogens is 2. The Labute approximate surface area is 213 Å². The molecule has 37 heavy (non-hydrogen) atoms. The number of carbonyl (C=O) groups excluding carboxylic acids is 1. The first-order valence-electron chi connectivity index (χ1n) is 11.9.